The standard InChI is InChI=1S/C23H22FN3O6/c24-16-6-14(21-15(7-16)11-31-12-33-21)10-27-19-8-13(3-4-18(19)20(26-30)23(27)29)22(28)25-9-17-2-1-5-32-17/h3-4,6-8,17,30H,1-2,5,9-12H2,(H,25,28)/b26-20-. The second kappa shape index (κ2) is 8.80. The van der Waals surface area contributed by atoms with Gasteiger partial charge < -0.3 is 29.6 Å². The zero-order valence-electron chi connectivity index (χ0n) is 17.7. The quantitative estimate of drug-likeness (QED) is 0.529. The van der Waals surface area contributed by atoms with Crippen LogP contribution in [0, 0.1) is 5.82 Å². The van der Waals surface area contributed by atoms with Crippen molar-refractivity contribution in [3.63, 3.8) is 0 Å². The van der Waals surface area contributed by atoms with Gasteiger partial charge in [-0.15, -0.1) is 0 Å². The predicted molar refractivity (Wildman–Crippen MR) is 114 cm³/mol. The molecule has 9 nitrogen and oxygen atoms in total. The minimum Gasteiger partial charge on any atom is -0.467 e. The van der Waals surface area contributed by atoms with E-state index in [-0.39, 0.29) is 37.7 Å². The Bertz CT molecular complexity index is 1150. The van der Waals surface area contributed by atoms with Gasteiger partial charge in [0.15, 0.2) is 12.5 Å². The Kier molecular flexibility index (Phi) is 5.69. The van der Waals surface area contributed by atoms with Gasteiger partial charge in [-0.2, -0.15) is 0 Å². The van der Waals surface area contributed by atoms with Gasteiger partial charge in [0.2, 0.25) is 0 Å². The molecule has 2 aromatic carbocycles. The topological polar surface area (TPSA) is 110 Å². The number of hydrogen-bond donors (Lipinski definition) is 2. The van der Waals surface area contributed by atoms with E-state index in [1.807, 2.05) is 0 Å². The average molecular weight is 455 g/mol. The molecule has 0 bridgehead atoms. The fraction of sp³-hybridized carbons (Fsp3) is 0.348. The van der Waals surface area contributed by atoms with E-state index in [1.54, 1.807) is 18.2 Å². The van der Waals surface area contributed by atoms with Crippen molar-refractivity contribution in [2.24, 2.45) is 5.16 Å². The molecular weight excluding hydrogens is 433 g/mol. The number of rotatable bonds is 5. The first kappa shape index (κ1) is 21.4. The summed E-state index contributed by atoms with van der Waals surface area (Å²) in [6.07, 6.45) is 1.87. The summed E-state index contributed by atoms with van der Waals surface area (Å²) >= 11 is 0. The minimum atomic E-state index is -0.561. The van der Waals surface area contributed by atoms with E-state index in [1.165, 1.54) is 17.0 Å². The van der Waals surface area contributed by atoms with Gasteiger partial charge in [-0.3, -0.25) is 9.59 Å². The lowest BCUT2D eigenvalue weighted by molar-refractivity contribution is -0.112. The first-order valence-electron chi connectivity index (χ1n) is 10.6. The molecule has 3 heterocycles. The van der Waals surface area contributed by atoms with E-state index in [2.05, 4.69) is 10.5 Å². The molecule has 1 atom stereocenters. The number of benzene rings is 2. The number of oxime groups is 1. The van der Waals surface area contributed by atoms with Crippen LogP contribution < -0.4 is 15.0 Å². The first-order chi connectivity index (χ1) is 16.0. The number of carbonyl (C=O) groups excluding carboxylic acids is 2. The third-order valence-corrected chi connectivity index (χ3v) is 5.95. The molecule has 3 aliphatic rings. The third-order valence-electron chi connectivity index (χ3n) is 5.95. The molecule has 172 valence electrons. The van der Waals surface area contributed by atoms with E-state index in [0.29, 0.717) is 46.8 Å². The van der Waals surface area contributed by atoms with Crippen LogP contribution in [0.4, 0.5) is 10.1 Å². The van der Waals surface area contributed by atoms with E-state index in [9.17, 15) is 19.2 Å². The fourth-order valence-corrected chi connectivity index (χ4v) is 4.36. The van der Waals surface area contributed by atoms with Crippen LogP contribution >= 0.6 is 0 Å². The lowest BCUT2D eigenvalue weighted by Gasteiger charge is -2.24. The normalized spacial score (nSPS) is 20.5. The third kappa shape index (κ3) is 4.03. The summed E-state index contributed by atoms with van der Waals surface area (Å²) < 4.78 is 30.5. The number of nitrogens with one attached hydrogen (secondary N) is 1. The highest BCUT2D eigenvalue weighted by Gasteiger charge is 2.36. The molecule has 2 N–H and O–H groups in total. The molecule has 33 heavy (non-hydrogen) atoms. The van der Waals surface area contributed by atoms with Gasteiger partial charge in [0.1, 0.15) is 11.6 Å². The molecule has 0 aromatic heterocycles. The number of anilines is 1. The van der Waals surface area contributed by atoms with Gasteiger partial charge in [0, 0.05) is 35.4 Å². The molecular formula is C23H22FN3O6. The van der Waals surface area contributed by atoms with Crippen LogP contribution in [-0.2, 0) is 27.4 Å². The van der Waals surface area contributed by atoms with Gasteiger partial charge >= 0.3 is 0 Å². The maximum absolute atomic E-state index is 14.2. The average Bonchev–Trinajstić information content (AvgIpc) is 3.43. The Morgan fingerprint density at radius 1 is 1.30 bits per heavy atom. The van der Waals surface area contributed by atoms with Crippen LogP contribution in [-0.4, -0.2) is 48.8 Å². The number of amides is 2. The van der Waals surface area contributed by atoms with Crippen molar-refractivity contribution in [3.8, 4) is 5.75 Å². The number of fused-ring (bicyclic) bond motifs is 2. The maximum Gasteiger partial charge on any atom is 0.281 e. The van der Waals surface area contributed by atoms with E-state index in [4.69, 9.17) is 14.2 Å². The SMILES string of the molecule is O=C(NCC1CCCO1)c1ccc2c(c1)N(Cc1cc(F)cc3c1OCOC3)C(=O)/C2=N\O. The highest BCUT2D eigenvalue weighted by Crippen LogP contribution is 2.36. The highest BCUT2D eigenvalue weighted by atomic mass is 19.1. The summed E-state index contributed by atoms with van der Waals surface area (Å²) in [5.74, 6) is -0.895. The minimum absolute atomic E-state index is 0.00212. The van der Waals surface area contributed by atoms with Crippen LogP contribution in [0.1, 0.15) is 39.9 Å². The molecule has 5 rings (SSSR count). The zero-order chi connectivity index (χ0) is 22.9. The molecule has 0 spiro atoms. The Morgan fingerprint density at radius 3 is 2.97 bits per heavy atom. The zero-order valence-corrected chi connectivity index (χ0v) is 17.7. The number of hydrogen-bond acceptors (Lipinski definition) is 7. The van der Waals surface area contributed by atoms with Gasteiger partial charge in [0.25, 0.3) is 11.8 Å². The maximum atomic E-state index is 14.2. The van der Waals surface area contributed by atoms with Crippen molar-refractivity contribution in [3.05, 3.63) is 58.4 Å². The summed E-state index contributed by atoms with van der Waals surface area (Å²) in [5.41, 5.74) is 1.96. The number of ether oxygens (including phenoxy) is 3. The molecule has 1 fully saturated rings. The fourth-order valence-electron chi connectivity index (χ4n) is 4.36. The molecule has 3 aliphatic heterocycles. The second-order valence-corrected chi connectivity index (χ2v) is 8.08. The van der Waals surface area contributed by atoms with Crippen LogP contribution in [0.25, 0.3) is 0 Å². The lowest BCUT2D eigenvalue weighted by Crippen LogP contribution is -2.32. The van der Waals surface area contributed by atoms with Gasteiger partial charge in [-0.25, -0.2) is 4.39 Å². The largest absolute Gasteiger partial charge is 0.467 e. The second-order valence-electron chi connectivity index (χ2n) is 8.08. The van der Waals surface area contributed by atoms with E-state index in [0.717, 1.165) is 12.8 Å². The number of nitrogens with zero attached hydrogens (tertiary/aromatic N) is 2. The van der Waals surface area contributed by atoms with Crippen molar-refractivity contribution in [2.75, 3.05) is 24.8 Å². The summed E-state index contributed by atoms with van der Waals surface area (Å²) in [6.45, 7) is 1.28. The Hall–Kier alpha value is -3.50. The Balaban J connectivity index is 1.44. The van der Waals surface area contributed by atoms with Crippen molar-refractivity contribution in [1.82, 2.24) is 5.32 Å². The Morgan fingerprint density at radius 2 is 2.18 bits per heavy atom. The van der Waals surface area contributed by atoms with Crippen molar-refractivity contribution in [1.29, 1.82) is 0 Å². The van der Waals surface area contributed by atoms with Gasteiger partial charge in [-0.1, -0.05) is 5.16 Å². The molecule has 1 saturated heterocycles. The van der Waals surface area contributed by atoms with Crippen LogP contribution in [0.3, 0.4) is 0 Å². The highest BCUT2D eigenvalue weighted by molar-refractivity contribution is 6.54. The molecule has 2 amide bonds. The molecule has 1 unspecified atom stereocenters. The van der Waals surface area contributed by atoms with E-state index >= 15 is 0 Å². The molecule has 2 aromatic rings. The summed E-state index contributed by atoms with van der Waals surface area (Å²) in [5, 5.41) is 15.4. The van der Waals surface area contributed by atoms with Crippen molar-refractivity contribution in [2.45, 2.75) is 32.1 Å². The number of carbonyl (C=O) groups is 2. The molecule has 10 heteroatoms. The first-order valence-corrected chi connectivity index (χ1v) is 10.6. The van der Waals surface area contributed by atoms with Crippen LogP contribution in [0.5, 0.6) is 5.75 Å². The van der Waals surface area contributed by atoms with Crippen molar-refractivity contribution < 1.29 is 33.4 Å². The molecule has 0 radical (unpaired) electrons. The van der Waals surface area contributed by atoms with E-state index < -0.39 is 11.7 Å². The van der Waals surface area contributed by atoms with Gasteiger partial charge in [-0.05, 0) is 43.2 Å². The summed E-state index contributed by atoms with van der Waals surface area (Å²) in [4.78, 5) is 27.0. The Labute approximate surface area is 188 Å². The summed E-state index contributed by atoms with van der Waals surface area (Å²) in [7, 11) is 0. The molecule has 0 saturated carbocycles. The van der Waals surface area contributed by atoms with Crippen molar-refractivity contribution >= 4 is 23.2 Å². The molecule has 0 aliphatic carbocycles. The van der Waals surface area contributed by atoms with Crippen LogP contribution in [0.15, 0.2) is 35.5 Å². The van der Waals surface area contributed by atoms with Crippen LogP contribution in [0.2, 0.25) is 0 Å². The number of halogens is 1. The van der Waals surface area contributed by atoms with Gasteiger partial charge in [0.05, 0.1) is 24.9 Å². The summed E-state index contributed by atoms with van der Waals surface area (Å²) in [6, 6.07) is 7.31. The lowest BCUT2D eigenvalue weighted by atomic mass is 10.1. The monoisotopic (exact) mass is 455 g/mol. The smallest absolute Gasteiger partial charge is 0.281 e. The predicted octanol–water partition coefficient (Wildman–Crippen LogP) is 2.33.